The molecule has 0 spiro atoms. The molecule has 3 N–H and O–H groups in total. The molecule has 0 bridgehead atoms. The van der Waals surface area contributed by atoms with Gasteiger partial charge in [0.1, 0.15) is 6.10 Å². The first-order chi connectivity index (χ1) is 12.7. The third-order valence-electron chi connectivity index (χ3n) is 5.49. The van der Waals surface area contributed by atoms with E-state index in [0.29, 0.717) is 12.3 Å². The lowest BCUT2D eigenvalue weighted by Crippen LogP contribution is -2.27. The highest BCUT2D eigenvalue weighted by atomic mass is 16.6. The molecular weight excluding hydrogens is 334 g/mol. The van der Waals surface area contributed by atoms with E-state index in [9.17, 15) is 9.90 Å². The average Bonchev–Trinajstić information content (AvgIpc) is 3.33. The summed E-state index contributed by atoms with van der Waals surface area (Å²) in [4.78, 5) is 24.3. The van der Waals surface area contributed by atoms with Gasteiger partial charge in [-0.15, -0.1) is 0 Å². The second-order valence-electron chi connectivity index (χ2n) is 7.19. The number of rotatable bonds is 3. The SMILES string of the molecule is O=C1NC(O)OC1Cc1c[nH]c2ncc3nc(C4CCCCC4)cn3c12. The Bertz CT molecular complexity index is 972. The zero-order valence-corrected chi connectivity index (χ0v) is 14.3. The number of amides is 1. The lowest BCUT2D eigenvalue weighted by molar-refractivity contribution is -0.125. The minimum absolute atomic E-state index is 0.305. The Labute approximate surface area is 149 Å². The minimum Gasteiger partial charge on any atom is -0.351 e. The third-order valence-corrected chi connectivity index (χ3v) is 5.49. The Balaban J connectivity index is 1.55. The molecule has 1 aliphatic carbocycles. The van der Waals surface area contributed by atoms with Crippen molar-refractivity contribution in [2.45, 2.75) is 57.0 Å². The van der Waals surface area contributed by atoms with Crippen molar-refractivity contribution in [1.29, 1.82) is 0 Å². The van der Waals surface area contributed by atoms with Crippen LogP contribution in [0.2, 0.25) is 0 Å². The molecule has 2 aliphatic rings. The topological polar surface area (TPSA) is 105 Å². The summed E-state index contributed by atoms with van der Waals surface area (Å²) in [5.41, 5.74) is 4.51. The molecule has 2 unspecified atom stereocenters. The van der Waals surface area contributed by atoms with E-state index in [4.69, 9.17) is 9.72 Å². The van der Waals surface area contributed by atoms with E-state index in [2.05, 4.69) is 25.9 Å². The summed E-state index contributed by atoms with van der Waals surface area (Å²) in [6.45, 7) is 0. The van der Waals surface area contributed by atoms with Crippen LogP contribution in [-0.4, -0.2) is 42.9 Å². The van der Waals surface area contributed by atoms with Crippen LogP contribution < -0.4 is 5.32 Å². The molecule has 2 fully saturated rings. The van der Waals surface area contributed by atoms with Crippen LogP contribution >= 0.6 is 0 Å². The molecule has 8 heteroatoms. The molecule has 2 atom stereocenters. The van der Waals surface area contributed by atoms with Crippen molar-refractivity contribution < 1.29 is 14.6 Å². The molecule has 8 nitrogen and oxygen atoms in total. The molecule has 3 aromatic rings. The lowest BCUT2D eigenvalue weighted by Gasteiger charge is -2.19. The molecule has 1 saturated heterocycles. The number of aliphatic hydroxyl groups is 1. The van der Waals surface area contributed by atoms with Crippen LogP contribution in [0.3, 0.4) is 0 Å². The minimum atomic E-state index is -1.23. The summed E-state index contributed by atoms with van der Waals surface area (Å²) < 4.78 is 7.30. The largest absolute Gasteiger partial charge is 0.351 e. The number of nitrogens with one attached hydrogen (secondary N) is 2. The molecule has 1 saturated carbocycles. The summed E-state index contributed by atoms with van der Waals surface area (Å²) in [5.74, 6) is 0.209. The summed E-state index contributed by atoms with van der Waals surface area (Å²) in [6, 6.07) is 0. The van der Waals surface area contributed by atoms with Gasteiger partial charge in [0.05, 0.1) is 17.4 Å². The molecule has 0 radical (unpaired) electrons. The van der Waals surface area contributed by atoms with E-state index in [1.54, 1.807) is 6.20 Å². The Hall–Kier alpha value is -2.45. The molecule has 1 amide bonds. The smallest absolute Gasteiger partial charge is 0.253 e. The van der Waals surface area contributed by atoms with E-state index in [0.717, 1.165) is 28.1 Å². The molecule has 5 rings (SSSR count). The van der Waals surface area contributed by atoms with E-state index in [-0.39, 0.29) is 5.91 Å². The highest BCUT2D eigenvalue weighted by Crippen LogP contribution is 2.33. The first-order valence-electron chi connectivity index (χ1n) is 9.17. The van der Waals surface area contributed by atoms with Gasteiger partial charge in [-0.1, -0.05) is 19.3 Å². The maximum absolute atomic E-state index is 11.9. The maximum atomic E-state index is 11.9. The Kier molecular flexibility index (Phi) is 3.68. The summed E-state index contributed by atoms with van der Waals surface area (Å²) in [5, 5.41) is 11.8. The molecule has 0 aromatic carbocycles. The zero-order valence-electron chi connectivity index (χ0n) is 14.3. The number of aromatic nitrogens is 4. The first kappa shape index (κ1) is 15.8. The molecule has 3 aromatic heterocycles. The second kappa shape index (κ2) is 6.07. The summed E-state index contributed by atoms with van der Waals surface area (Å²) in [6.07, 6.45) is 10.4. The van der Waals surface area contributed by atoms with Crippen LogP contribution in [-0.2, 0) is 16.0 Å². The summed E-state index contributed by atoms with van der Waals surface area (Å²) >= 11 is 0. The van der Waals surface area contributed by atoms with Gasteiger partial charge in [0.15, 0.2) is 11.3 Å². The highest BCUT2D eigenvalue weighted by Gasteiger charge is 2.32. The van der Waals surface area contributed by atoms with Crippen molar-refractivity contribution in [3.63, 3.8) is 0 Å². The van der Waals surface area contributed by atoms with Crippen LogP contribution in [0.5, 0.6) is 0 Å². The van der Waals surface area contributed by atoms with Crippen molar-refractivity contribution in [1.82, 2.24) is 24.7 Å². The quantitative estimate of drug-likeness (QED) is 0.662. The number of imidazole rings is 1. The van der Waals surface area contributed by atoms with Gasteiger partial charge < -0.3 is 20.1 Å². The fourth-order valence-corrected chi connectivity index (χ4v) is 4.17. The van der Waals surface area contributed by atoms with Crippen LogP contribution in [0.1, 0.15) is 49.3 Å². The first-order valence-corrected chi connectivity index (χ1v) is 9.17. The van der Waals surface area contributed by atoms with E-state index >= 15 is 0 Å². The van der Waals surface area contributed by atoms with Crippen molar-refractivity contribution in [3.8, 4) is 0 Å². The molecule has 26 heavy (non-hydrogen) atoms. The van der Waals surface area contributed by atoms with Gasteiger partial charge in [0.25, 0.3) is 5.91 Å². The number of aliphatic hydroxyl groups excluding tert-OH is 1. The van der Waals surface area contributed by atoms with Crippen LogP contribution in [0, 0.1) is 0 Å². The van der Waals surface area contributed by atoms with Gasteiger partial charge in [0.2, 0.25) is 6.41 Å². The lowest BCUT2D eigenvalue weighted by atomic mass is 9.87. The normalized spacial score (nSPS) is 24.6. The Morgan fingerprint density at radius 2 is 2.15 bits per heavy atom. The van der Waals surface area contributed by atoms with E-state index in [1.807, 2.05) is 6.20 Å². The van der Waals surface area contributed by atoms with E-state index < -0.39 is 12.5 Å². The number of hydrogen-bond donors (Lipinski definition) is 3. The van der Waals surface area contributed by atoms with Gasteiger partial charge in [-0.3, -0.25) is 9.20 Å². The van der Waals surface area contributed by atoms with E-state index in [1.165, 1.54) is 32.1 Å². The zero-order chi connectivity index (χ0) is 17.7. The molecule has 1 aliphatic heterocycles. The standard InChI is InChI=1S/C18H21N5O3/c24-17-13(26-18(25)22-17)6-11-7-19-16-15(11)23-9-12(21-14(23)8-20-16)10-4-2-1-3-5-10/h7-10,13,18-19,25H,1-6H2,(H,22,24). The number of hydrogen-bond acceptors (Lipinski definition) is 5. The monoisotopic (exact) mass is 355 g/mol. The van der Waals surface area contributed by atoms with Gasteiger partial charge in [-0.2, -0.15) is 0 Å². The number of nitrogens with zero attached hydrogens (tertiary/aromatic N) is 3. The highest BCUT2D eigenvalue weighted by molar-refractivity contribution is 5.84. The van der Waals surface area contributed by atoms with Gasteiger partial charge >= 0.3 is 0 Å². The fraction of sp³-hybridized carbons (Fsp3) is 0.500. The van der Waals surface area contributed by atoms with Gasteiger partial charge in [0, 0.05) is 24.7 Å². The second-order valence-corrected chi connectivity index (χ2v) is 7.19. The summed E-state index contributed by atoms with van der Waals surface area (Å²) in [7, 11) is 0. The Morgan fingerprint density at radius 1 is 1.31 bits per heavy atom. The van der Waals surface area contributed by atoms with Crippen molar-refractivity contribution >= 4 is 22.7 Å². The maximum Gasteiger partial charge on any atom is 0.253 e. The van der Waals surface area contributed by atoms with Crippen LogP contribution in [0.4, 0.5) is 0 Å². The van der Waals surface area contributed by atoms with Gasteiger partial charge in [-0.05, 0) is 18.4 Å². The van der Waals surface area contributed by atoms with Crippen LogP contribution in [0.15, 0.2) is 18.6 Å². The van der Waals surface area contributed by atoms with Crippen molar-refractivity contribution in [3.05, 3.63) is 29.8 Å². The third kappa shape index (κ3) is 2.57. The molecule has 4 heterocycles. The Morgan fingerprint density at radius 3 is 2.92 bits per heavy atom. The molecule has 136 valence electrons. The number of ether oxygens (including phenoxy) is 1. The van der Waals surface area contributed by atoms with Gasteiger partial charge in [-0.25, -0.2) is 9.97 Å². The predicted molar refractivity (Wildman–Crippen MR) is 93.4 cm³/mol. The van der Waals surface area contributed by atoms with Crippen LogP contribution in [0.25, 0.3) is 16.8 Å². The number of carbonyl (C=O) groups is 1. The number of H-pyrrole nitrogens is 1. The predicted octanol–water partition coefficient (Wildman–Crippen LogP) is 1.59. The fourth-order valence-electron chi connectivity index (χ4n) is 4.17. The number of aromatic amines is 1. The number of carbonyl (C=O) groups excluding carboxylic acids is 1. The van der Waals surface area contributed by atoms with Crippen molar-refractivity contribution in [2.24, 2.45) is 0 Å². The average molecular weight is 355 g/mol. The van der Waals surface area contributed by atoms with Crippen molar-refractivity contribution in [2.75, 3.05) is 0 Å². The number of fused-ring (bicyclic) bond motifs is 3. The molecular formula is C18H21N5O3.